The molecule has 0 bridgehead atoms. The molecule has 1 aromatic carbocycles. The Labute approximate surface area is 95.6 Å². The number of carbonyl (C=O) groups excluding carboxylic acids is 1. The Balaban J connectivity index is 2.16. The van der Waals surface area contributed by atoms with Crippen LogP contribution in [0.3, 0.4) is 0 Å². The Hall–Kier alpha value is -0.900. The molecule has 80 valence electrons. The molecule has 0 amide bonds. The Morgan fingerprint density at radius 2 is 2.33 bits per heavy atom. The van der Waals surface area contributed by atoms with Crippen LogP contribution in [-0.2, 0) is 9.53 Å². The molecule has 0 spiro atoms. The van der Waals surface area contributed by atoms with Gasteiger partial charge in [-0.3, -0.25) is 4.79 Å². The summed E-state index contributed by atoms with van der Waals surface area (Å²) >= 11 is 3.19. The highest BCUT2D eigenvalue weighted by Crippen LogP contribution is 2.49. The molecular formula is C11H10BrFO2. The van der Waals surface area contributed by atoms with Crippen LogP contribution >= 0.6 is 15.9 Å². The molecule has 2 nitrogen and oxygen atoms in total. The van der Waals surface area contributed by atoms with Crippen molar-refractivity contribution < 1.29 is 13.9 Å². The third-order valence-electron chi connectivity index (χ3n) is 2.66. The van der Waals surface area contributed by atoms with Crippen molar-refractivity contribution in [2.45, 2.75) is 12.3 Å². The first-order valence-electron chi connectivity index (χ1n) is 4.66. The molecule has 1 fully saturated rings. The van der Waals surface area contributed by atoms with Crippen LogP contribution in [0.25, 0.3) is 0 Å². The third-order valence-corrected chi connectivity index (χ3v) is 3.15. The number of rotatable bonds is 2. The Kier molecular flexibility index (Phi) is 2.78. The largest absolute Gasteiger partial charge is 0.469 e. The number of halogens is 2. The van der Waals surface area contributed by atoms with E-state index < -0.39 is 0 Å². The average molecular weight is 273 g/mol. The molecule has 2 rings (SSSR count). The molecule has 0 saturated heterocycles. The van der Waals surface area contributed by atoms with E-state index in [9.17, 15) is 9.18 Å². The number of methoxy groups -OCH3 is 1. The summed E-state index contributed by atoms with van der Waals surface area (Å²) in [6.45, 7) is 0. The fourth-order valence-corrected chi connectivity index (χ4v) is 2.09. The lowest BCUT2D eigenvalue weighted by molar-refractivity contribution is -0.142. The molecule has 0 unspecified atom stereocenters. The monoisotopic (exact) mass is 272 g/mol. The van der Waals surface area contributed by atoms with Gasteiger partial charge in [-0.05, 0) is 24.1 Å². The molecule has 1 aliphatic rings. The van der Waals surface area contributed by atoms with E-state index in [-0.39, 0.29) is 23.6 Å². The van der Waals surface area contributed by atoms with Gasteiger partial charge in [0.2, 0.25) is 0 Å². The van der Waals surface area contributed by atoms with Crippen LogP contribution in [0.1, 0.15) is 17.9 Å². The van der Waals surface area contributed by atoms with Crippen molar-refractivity contribution in [3.63, 3.8) is 0 Å². The number of ether oxygens (including phenoxy) is 1. The zero-order valence-corrected chi connectivity index (χ0v) is 9.75. The summed E-state index contributed by atoms with van der Waals surface area (Å²) in [6, 6.07) is 4.92. The lowest BCUT2D eigenvalue weighted by atomic mass is 10.1. The molecule has 0 aliphatic heterocycles. The van der Waals surface area contributed by atoms with Crippen molar-refractivity contribution in [1.29, 1.82) is 0 Å². The lowest BCUT2D eigenvalue weighted by Crippen LogP contribution is -2.04. The average Bonchev–Trinajstić information content (AvgIpc) is 2.96. The number of benzene rings is 1. The van der Waals surface area contributed by atoms with Gasteiger partial charge in [-0.2, -0.15) is 0 Å². The van der Waals surface area contributed by atoms with E-state index in [2.05, 4.69) is 20.7 Å². The van der Waals surface area contributed by atoms with E-state index in [1.165, 1.54) is 13.2 Å². The first-order valence-corrected chi connectivity index (χ1v) is 5.45. The molecule has 0 radical (unpaired) electrons. The van der Waals surface area contributed by atoms with Gasteiger partial charge in [0, 0.05) is 10.4 Å². The summed E-state index contributed by atoms with van der Waals surface area (Å²) in [5, 5.41) is 0. The van der Waals surface area contributed by atoms with Crippen molar-refractivity contribution in [3.05, 3.63) is 34.1 Å². The number of hydrogen-bond donors (Lipinski definition) is 0. The fourth-order valence-electron chi connectivity index (χ4n) is 1.75. The molecule has 1 aromatic rings. The van der Waals surface area contributed by atoms with Crippen LogP contribution in [-0.4, -0.2) is 13.1 Å². The van der Waals surface area contributed by atoms with Crippen LogP contribution in [0.5, 0.6) is 0 Å². The smallest absolute Gasteiger partial charge is 0.309 e. The summed E-state index contributed by atoms with van der Waals surface area (Å²) in [5.41, 5.74) is 0.605. The van der Waals surface area contributed by atoms with Gasteiger partial charge in [-0.25, -0.2) is 4.39 Å². The Morgan fingerprint density at radius 3 is 2.93 bits per heavy atom. The Bertz CT molecular complexity index is 406. The molecule has 0 N–H and O–H groups in total. The molecule has 1 aliphatic carbocycles. The second-order valence-corrected chi connectivity index (χ2v) is 4.55. The van der Waals surface area contributed by atoms with E-state index >= 15 is 0 Å². The second-order valence-electron chi connectivity index (χ2n) is 3.64. The first-order chi connectivity index (χ1) is 7.13. The SMILES string of the molecule is COC(=O)[C@@H]1C[C@H]1c1ccc(Br)cc1F. The standard InChI is InChI=1S/C11H10BrFO2/c1-15-11(14)9-5-8(9)7-3-2-6(12)4-10(7)13/h2-4,8-9H,5H2,1H3/t8-,9+/m0/s1. The molecule has 0 aromatic heterocycles. The minimum absolute atomic E-state index is 0.00875. The fraction of sp³-hybridized carbons (Fsp3) is 0.364. The van der Waals surface area contributed by atoms with Crippen molar-refractivity contribution in [2.24, 2.45) is 5.92 Å². The molecule has 0 heterocycles. The van der Waals surface area contributed by atoms with Crippen molar-refractivity contribution in [2.75, 3.05) is 7.11 Å². The van der Waals surface area contributed by atoms with Crippen LogP contribution in [0, 0.1) is 11.7 Å². The maximum Gasteiger partial charge on any atom is 0.309 e. The topological polar surface area (TPSA) is 26.3 Å². The van der Waals surface area contributed by atoms with Crippen molar-refractivity contribution >= 4 is 21.9 Å². The zero-order valence-electron chi connectivity index (χ0n) is 8.17. The van der Waals surface area contributed by atoms with Gasteiger partial charge in [0.05, 0.1) is 13.0 Å². The normalized spacial score (nSPS) is 23.7. The molecule has 4 heteroatoms. The molecule has 15 heavy (non-hydrogen) atoms. The van der Waals surface area contributed by atoms with E-state index in [0.717, 1.165) is 0 Å². The highest BCUT2D eigenvalue weighted by Gasteiger charge is 2.46. The quantitative estimate of drug-likeness (QED) is 0.774. The van der Waals surface area contributed by atoms with Gasteiger partial charge in [0.25, 0.3) is 0 Å². The summed E-state index contributed by atoms with van der Waals surface area (Å²) in [4.78, 5) is 11.2. The predicted octanol–water partition coefficient (Wildman–Crippen LogP) is 2.86. The van der Waals surface area contributed by atoms with Crippen LogP contribution in [0.4, 0.5) is 4.39 Å². The van der Waals surface area contributed by atoms with Gasteiger partial charge in [-0.1, -0.05) is 22.0 Å². The molecule has 1 saturated carbocycles. The number of carbonyl (C=O) groups is 1. The number of hydrogen-bond acceptors (Lipinski definition) is 2. The van der Waals surface area contributed by atoms with E-state index in [0.29, 0.717) is 16.5 Å². The van der Waals surface area contributed by atoms with Gasteiger partial charge in [-0.15, -0.1) is 0 Å². The summed E-state index contributed by atoms with van der Waals surface area (Å²) in [5.74, 6) is -0.681. The minimum atomic E-state index is -0.263. The van der Waals surface area contributed by atoms with Crippen molar-refractivity contribution in [1.82, 2.24) is 0 Å². The van der Waals surface area contributed by atoms with Crippen molar-refractivity contribution in [3.8, 4) is 0 Å². The predicted molar refractivity (Wildman–Crippen MR) is 57.0 cm³/mol. The summed E-state index contributed by atoms with van der Waals surface area (Å²) in [7, 11) is 1.36. The lowest BCUT2D eigenvalue weighted by Gasteiger charge is -2.02. The van der Waals surface area contributed by atoms with Gasteiger partial charge in [0.15, 0.2) is 0 Å². The maximum absolute atomic E-state index is 13.5. The third kappa shape index (κ3) is 2.04. The molecular weight excluding hydrogens is 263 g/mol. The van der Waals surface area contributed by atoms with E-state index in [1.807, 2.05) is 0 Å². The van der Waals surface area contributed by atoms with Crippen LogP contribution < -0.4 is 0 Å². The number of esters is 1. The molecule has 2 atom stereocenters. The van der Waals surface area contributed by atoms with E-state index in [1.54, 1.807) is 12.1 Å². The zero-order chi connectivity index (χ0) is 11.0. The van der Waals surface area contributed by atoms with E-state index in [4.69, 9.17) is 0 Å². The van der Waals surface area contributed by atoms with Crippen LogP contribution in [0.15, 0.2) is 22.7 Å². The highest BCUT2D eigenvalue weighted by molar-refractivity contribution is 9.10. The first kappa shape index (κ1) is 10.6. The minimum Gasteiger partial charge on any atom is -0.469 e. The summed E-state index contributed by atoms with van der Waals surface area (Å²) in [6.07, 6.45) is 0.686. The van der Waals surface area contributed by atoms with Crippen LogP contribution in [0.2, 0.25) is 0 Å². The highest BCUT2D eigenvalue weighted by atomic mass is 79.9. The van der Waals surface area contributed by atoms with Gasteiger partial charge >= 0.3 is 5.97 Å². The maximum atomic E-state index is 13.5. The second kappa shape index (κ2) is 3.93. The summed E-state index contributed by atoms with van der Waals surface area (Å²) < 4.78 is 18.8. The van der Waals surface area contributed by atoms with Gasteiger partial charge in [0.1, 0.15) is 5.82 Å². The Morgan fingerprint density at radius 1 is 1.60 bits per heavy atom. The van der Waals surface area contributed by atoms with Gasteiger partial charge < -0.3 is 4.74 Å².